The first-order valence-electron chi connectivity index (χ1n) is 16.0. The molecular formula is C38H62O7. The van der Waals surface area contributed by atoms with Gasteiger partial charge < -0.3 is 33.5 Å². The van der Waals surface area contributed by atoms with Crippen LogP contribution in [0, 0.1) is 0 Å². The Morgan fingerprint density at radius 1 is 0.333 bits per heavy atom. The van der Waals surface area contributed by atoms with Crippen LogP contribution >= 0.6 is 0 Å². The SMILES string of the molecule is CC(C)(C)Oc1ccc(C(C)(O)c2ccc(OC(C)(C)C)c(OC(C)(C)C)c2OC(C)(C)C)c(OC(C)(C)C)c1OC(C)(C)C. The lowest BCUT2D eigenvalue weighted by molar-refractivity contribution is 0.0540. The van der Waals surface area contributed by atoms with E-state index in [1.807, 2.05) is 149 Å². The maximum absolute atomic E-state index is 12.8. The van der Waals surface area contributed by atoms with Gasteiger partial charge in [-0.05, 0) is 156 Å². The Labute approximate surface area is 273 Å². The molecule has 0 saturated heterocycles. The van der Waals surface area contributed by atoms with Crippen molar-refractivity contribution in [2.45, 2.75) is 171 Å². The lowest BCUT2D eigenvalue weighted by Crippen LogP contribution is -2.33. The van der Waals surface area contributed by atoms with Crippen LogP contribution in [0.15, 0.2) is 24.3 Å². The van der Waals surface area contributed by atoms with Crippen LogP contribution in [0.25, 0.3) is 0 Å². The van der Waals surface area contributed by atoms with Crippen LogP contribution in [0.3, 0.4) is 0 Å². The van der Waals surface area contributed by atoms with Gasteiger partial charge in [0.25, 0.3) is 0 Å². The summed E-state index contributed by atoms with van der Waals surface area (Å²) in [5.41, 5.74) is -4.11. The Morgan fingerprint density at radius 2 is 0.556 bits per heavy atom. The highest BCUT2D eigenvalue weighted by Crippen LogP contribution is 2.53. The molecule has 0 spiro atoms. The van der Waals surface area contributed by atoms with Crippen LogP contribution < -0.4 is 28.4 Å². The third-order valence-corrected chi connectivity index (χ3v) is 5.67. The standard InChI is InChI=1S/C38H62O7/c1-32(2,3)40-26-22-20-24(28(42-34(7,8)9)30(26)44-36(13,14)15)38(19,39)25-21-23-27(41-33(4,5)6)31(45-37(16,17)18)29(25)43-35(10,11)12/h20-23,39H,1-19H3. The molecule has 0 atom stereocenters. The van der Waals surface area contributed by atoms with Gasteiger partial charge in [0.05, 0.1) is 0 Å². The molecule has 0 heterocycles. The first kappa shape index (κ1) is 38.4. The summed E-state index contributed by atoms with van der Waals surface area (Å²) in [5, 5.41) is 12.8. The highest BCUT2D eigenvalue weighted by Gasteiger charge is 2.40. The minimum Gasteiger partial charge on any atom is -0.484 e. The minimum absolute atomic E-state index is 0.388. The lowest BCUT2D eigenvalue weighted by atomic mass is 9.85. The fourth-order valence-electron chi connectivity index (χ4n) is 4.44. The summed E-state index contributed by atoms with van der Waals surface area (Å²) in [6.45, 7) is 37.2. The smallest absolute Gasteiger partial charge is 0.204 e. The molecule has 1 N–H and O–H groups in total. The van der Waals surface area contributed by atoms with Crippen LogP contribution in [0.2, 0.25) is 0 Å². The van der Waals surface area contributed by atoms with E-state index in [4.69, 9.17) is 28.4 Å². The number of rotatable bonds is 8. The summed E-state index contributed by atoms with van der Waals surface area (Å²) in [5.74, 6) is 2.66. The van der Waals surface area contributed by atoms with Gasteiger partial charge in [0, 0.05) is 11.1 Å². The molecule has 0 aliphatic rings. The molecule has 0 bridgehead atoms. The van der Waals surface area contributed by atoms with E-state index in [-0.39, 0.29) is 0 Å². The van der Waals surface area contributed by atoms with Gasteiger partial charge >= 0.3 is 0 Å². The van der Waals surface area contributed by atoms with Crippen molar-refractivity contribution in [1.29, 1.82) is 0 Å². The summed E-state index contributed by atoms with van der Waals surface area (Å²) in [4.78, 5) is 0. The molecular weight excluding hydrogens is 568 g/mol. The minimum atomic E-state index is -1.65. The van der Waals surface area contributed by atoms with Crippen molar-refractivity contribution in [3.8, 4) is 34.5 Å². The third-order valence-electron chi connectivity index (χ3n) is 5.67. The van der Waals surface area contributed by atoms with Crippen molar-refractivity contribution in [1.82, 2.24) is 0 Å². The fraction of sp³-hybridized carbons (Fsp3) is 0.684. The highest BCUT2D eigenvalue weighted by molar-refractivity contribution is 5.64. The molecule has 2 aromatic carbocycles. The van der Waals surface area contributed by atoms with Gasteiger partial charge in [-0.1, -0.05) is 0 Å². The molecule has 0 fully saturated rings. The normalized spacial score (nSPS) is 13.8. The maximum Gasteiger partial charge on any atom is 0.204 e. The number of aliphatic hydroxyl groups is 1. The Hall–Kier alpha value is -2.80. The first-order valence-corrected chi connectivity index (χ1v) is 16.0. The Kier molecular flexibility index (Phi) is 10.6. The van der Waals surface area contributed by atoms with Gasteiger partial charge in [0.15, 0.2) is 23.0 Å². The second kappa shape index (κ2) is 12.4. The molecule has 2 aromatic rings. The van der Waals surface area contributed by atoms with Crippen LogP contribution in [-0.2, 0) is 5.60 Å². The van der Waals surface area contributed by atoms with Crippen molar-refractivity contribution in [2.24, 2.45) is 0 Å². The van der Waals surface area contributed by atoms with E-state index in [1.165, 1.54) is 0 Å². The third kappa shape index (κ3) is 11.8. The molecule has 0 aromatic heterocycles. The molecule has 7 heteroatoms. The van der Waals surface area contributed by atoms with E-state index in [0.717, 1.165) is 0 Å². The topological polar surface area (TPSA) is 75.6 Å². The van der Waals surface area contributed by atoms with Crippen molar-refractivity contribution in [3.63, 3.8) is 0 Å². The number of benzene rings is 2. The van der Waals surface area contributed by atoms with Gasteiger partial charge in [-0.25, -0.2) is 0 Å². The average molecular weight is 631 g/mol. The molecule has 0 unspecified atom stereocenters. The highest BCUT2D eigenvalue weighted by atomic mass is 16.6. The van der Waals surface area contributed by atoms with E-state index >= 15 is 0 Å². The molecule has 2 rings (SSSR count). The van der Waals surface area contributed by atoms with E-state index in [2.05, 4.69) is 0 Å². The summed E-state index contributed by atoms with van der Waals surface area (Å²) < 4.78 is 39.2. The number of hydrogen-bond donors (Lipinski definition) is 1. The Bertz CT molecular complexity index is 1210. The summed E-state index contributed by atoms with van der Waals surface area (Å²) in [6.07, 6.45) is 0. The Morgan fingerprint density at radius 3 is 0.778 bits per heavy atom. The summed E-state index contributed by atoms with van der Waals surface area (Å²) in [6, 6.07) is 7.34. The molecule has 256 valence electrons. The first-order chi connectivity index (χ1) is 19.8. The molecule has 0 radical (unpaired) electrons. The lowest BCUT2D eigenvalue weighted by Gasteiger charge is -2.37. The van der Waals surface area contributed by atoms with Gasteiger partial charge in [-0.15, -0.1) is 0 Å². The Balaban J connectivity index is 3.11. The van der Waals surface area contributed by atoms with Crippen LogP contribution in [0.1, 0.15) is 143 Å². The van der Waals surface area contributed by atoms with E-state index in [1.54, 1.807) is 6.92 Å². The molecule has 0 aliphatic carbocycles. The van der Waals surface area contributed by atoms with E-state index in [0.29, 0.717) is 45.6 Å². The quantitative estimate of drug-likeness (QED) is 0.311. The van der Waals surface area contributed by atoms with Crippen LogP contribution in [0.4, 0.5) is 0 Å². The van der Waals surface area contributed by atoms with Gasteiger partial charge in [-0.2, -0.15) is 0 Å². The maximum atomic E-state index is 12.8. The van der Waals surface area contributed by atoms with Crippen LogP contribution in [0.5, 0.6) is 34.5 Å². The van der Waals surface area contributed by atoms with Crippen molar-refractivity contribution >= 4 is 0 Å². The second-order valence-electron chi connectivity index (χ2n) is 17.9. The average Bonchev–Trinajstić information content (AvgIpc) is 2.72. The zero-order valence-electron chi connectivity index (χ0n) is 31.7. The van der Waals surface area contributed by atoms with Crippen LogP contribution in [-0.4, -0.2) is 38.7 Å². The predicted molar refractivity (Wildman–Crippen MR) is 184 cm³/mol. The summed E-state index contributed by atoms with van der Waals surface area (Å²) in [7, 11) is 0. The largest absolute Gasteiger partial charge is 0.484 e. The van der Waals surface area contributed by atoms with E-state index in [9.17, 15) is 5.11 Å². The van der Waals surface area contributed by atoms with Crippen molar-refractivity contribution in [2.75, 3.05) is 0 Å². The number of ether oxygens (including phenoxy) is 6. The molecule has 0 amide bonds. The number of hydrogen-bond acceptors (Lipinski definition) is 7. The zero-order valence-corrected chi connectivity index (χ0v) is 31.7. The second-order valence-corrected chi connectivity index (χ2v) is 17.9. The molecule has 0 saturated carbocycles. The van der Waals surface area contributed by atoms with E-state index < -0.39 is 39.2 Å². The van der Waals surface area contributed by atoms with Crippen molar-refractivity contribution < 1.29 is 33.5 Å². The fourth-order valence-corrected chi connectivity index (χ4v) is 4.44. The molecule has 45 heavy (non-hydrogen) atoms. The van der Waals surface area contributed by atoms with Gasteiger partial charge in [0.1, 0.15) is 39.2 Å². The van der Waals surface area contributed by atoms with Crippen molar-refractivity contribution in [3.05, 3.63) is 35.4 Å². The zero-order chi connectivity index (χ0) is 35.2. The van der Waals surface area contributed by atoms with Gasteiger partial charge in [-0.3, -0.25) is 0 Å². The predicted octanol–water partition coefficient (Wildman–Crippen LogP) is 10.0. The van der Waals surface area contributed by atoms with Gasteiger partial charge in [0.2, 0.25) is 11.5 Å². The molecule has 7 nitrogen and oxygen atoms in total. The molecule has 0 aliphatic heterocycles. The monoisotopic (exact) mass is 630 g/mol. The summed E-state index contributed by atoms with van der Waals surface area (Å²) >= 11 is 0.